The van der Waals surface area contributed by atoms with Crippen molar-refractivity contribution in [2.45, 2.75) is 32.6 Å². The molecule has 0 radical (unpaired) electrons. The molecule has 2 aliphatic rings. The highest BCUT2D eigenvalue weighted by Gasteiger charge is 2.37. The van der Waals surface area contributed by atoms with E-state index < -0.39 is 0 Å². The minimum atomic E-state index is -0.194. The number of carbonyl (C=O) groups is 2. The topological polar surface area (TPSA) is 88.3 Å². The van der Waals surface area contributed by atoms with Gasteiger partial charge in [-0.25, -0.2) is 4.98 Å². The van der Waals surface area contributed by atoms with Gasteiger partial charge in [0.05, 0.1) is 11.6 Å². The second-order valence-electron chi connectivity index (χ2n) is 6.32. The number of carbonyl (C=O) groups excluding carboxylic acids is 2. The quantitative estimate of drug-likeness (QED) is 0.919. The van der Waals surface area contributed by atoms with Crippen LogP contribution in [-0.2, 0) is 17.6 Å². The molecule has 1 saturated heterocycles. The summed E-state index contributed by atoms with van der Waals surface area (Å²) in [5, 5.41) is 7.30. The van der Waals surface area contributed by atoms with Crippen LogP contribution >= 0.6 is 11.3 Å². The molecular formula is C16H18N4O3S. The molecular weight excluding hydrogens is 328 g/mol. The predicted octanol–water partition coefficient (Wildman–Crippen LogP) is 2.03. The third-order valence-corrected chi connectivity index (χ3v) is 5.54. The summed E-state index contributed by atoms with van der Waals surface area (Å²) >= 11 is 1.58. The largest absolute Gasteiger partial charge is 0.361 e. The van der Waals surface area contributed by atoms with Crippen LogP contribution in [-0.4, -0.2) is 39.9 Å². The molecule has 0 atom stereocenters. The first kappa shape index (κ1) is 15.3. The molecule has 8 heteroatoms. The van der Waals surface area contributed by atoms with Gasteiger partial charge in [-0.3, -0.25) is 9.59 Å². The van der Waals surface area contributed by atoms with Gasteiger partial charge >= 0.3 is 0 Å². The average Bonchev–Trinajstić information content (AvgIpc) is 3.10. The van der Waals surface area contributed by atoms with Crippen LogP contribution in [0.2, 0.25) is 0 Å². The van der Waals surface area contributed by atoms with Crippen LogP contribution in [0, 0.1) is 12.8 Å². The Labute approximate surface area is 143 Å². The van der Waals surface area contributed by atoms with Crippen molar-refractivity contribution in [3.05, 3.63) is 28.1 Å². The molecule has 0 spiro atoms. The maximum atomic E-state index is 12.3. The number of anilines is 1. The molecule has 24 heavy (non-hydrogen) atoms. The van der Waals surface area contributed by atoms with Crippen LogP contribution in [0.4, 0.5) is 5.13 Å². The van der Waals surface area contributed by atoms with Crippen molar-refractivity contribution >= 4 is 28.3 Å². The van der Waals surface area contributed by atoms with Crippen molar-refractivity contribution in [3.63, 3.8) is 0 Å². The lowest BCUT2D eigenvalue weighted by Crippen LogP contribution is -2.54. The summed E-state index contributed by atoms with van der Waals surface area (Å²) in [6, 6.07) is 1.61. The monoisotopic (exact) mass is 346 g/mol. The molecule has 2 amide bonds. The maximum Gasteiger partial charge on any atom is 0.276 e. The first-order valence-electron chi connectivity index (χ1n) is 8.12. The Morgan fingerprint density at radius 2 is 2.12 bits per heavy atom. The van der Waals surface area contributed by atoms with Gasteiger partial charge in [0.15, 0.2) is 10.8 Å². The minimum absolute atomic E-state index is 0.0681. The van der Waals surface area contributed by atoms with Crippen molar-refractivity contribution in [1.82, 2.24) is 15.0 Å². The van der Waals surface area contributed by atoms with E-state index in [2.05, 4.69) is 15.5 Å². The number of aromatic nitrogens is 2. The Kier molecular flexibility index (Phi) is 3.84. The standard InChI is InChI=1S/C16H18N4O3S/c1-9-6-12(19-23-9)15(22)20-7-10(8-20)14(21)18-16-17-11-4-2-3-5-13(11)24-16/h6,10H,2-5,7-8H2,1H3,(H,17,18,21). The van der Waals surface area contributed by atoms with E-state index in [1.807, 2.05) is 0 Å². The Morgan fingerprint density at radius 3 is 2.83 bits per heavy atom. The number of rotatable bonds is 3. The first-order valence-corrected chi connectivity index (χ1v) is 8.94. The average molecular weight is 346 g/mol. The van der Waals surface area contributed by atoms with Crippen molar-refractivity contribution in [1.29, 1.82) is 0 Å². The van der Waals surface area contributed by atoms with Gasteiger partial charge in [-0.1, -0.05) is 5.16 Å². The first-order chi connectivity index (χ1) is 11.6. The SMILES string of the molecule is Cc1cc(C(=O)N2CC(C(=O)Nc3nc4c(s3)CCCC4)C2)no1. The molecule has 0 bridgehead atoms. The Balaban J connectivity index is 1.32. The molecule has 7 nitrogen and oxygen atoms in total. The van der Waals surface area contributed by atoms with Crippen LogP contribution < -0.4 is 5.32 Å². The number of likely N-dealkylation sites (tertiary alicyclic amines) is 1. The van der Waals surface area contributed by atoms with E-state index in [9.17, 15) is 9.59 Å². The van der Waals surface area contributed by atoms with Crippen LogP contribution in [0.1, 0.15) is 39.7 Å². The number of hydrogen-bond acceptors (Lipinski definition) is 6. The second-order valence-corrected chi connectivity index (χ2v) is 7.40. The van der Waals surface area contributed by atoms with Gasteiger partial charge in [0.2, 0.25) is 5.91 Å². The molecule has 4 rings (SSSR count). The molecule has 3 heterocycles. The fourth-order valence-corrected chi connectivity index (χ4v) is 4.11. The third-order valence-electron chi connectivity index (χ3n) is 4.46. The van der Waals surface area contributed by atoms with E-state index in [0.717, 1.165) is 18.5 Å². The van der Waals surface area contributed by atoms with Gasteiger partial charge in [-0.15, -0.1) is 11.3 Å². The van der Waals surface area contributed by atoms with Gasteiger partial charge in [0, 0.05) is 24.0 Å². The van der Waals surface area contributed by atoms with Crippen molar-refractivity contribution in [3.8, 4) is 0 Å². The Morgan fingerprint density at radius 1 is 1.33 bits per heavy atom. The summed E-state index contributed by atoms with van der Waals surface area (Å²) in [6.07, 6.45) is 4.44. The van der Waals surface area contributed by atoms with Gasteiger partial charge in [-0.05, 0) is 32.6 Å². The summed E-state index contributed by atoms with van der Waals surface area (Å²) in [5.41, 5.74) is 1.42. The van der Waals surface area contributed by atoms with E-state index in [1.165, 1.54) is 17.7 Å². The van der Waals surface area contributed by atoms with Crippen molar-refractivity contribution < 1.29 is 14.1 Å². The summed E-state index contributed by atoms with van der Waals surface area (Å²) < 4.78 is 4.91. The highest BCUT2D eigenvalue weighted by molar-refractivity contribution is 7.15. The zero-order chi connectivity index (χ0) is 16.7. The number of amides is 2. The Hall–Kier alpha value is -2.22. The Bertz CT molecular complexity index is 768. The lowest BCUT2D eigenvalue weighted by molar-refractivity contribution is -0.123. The number of aryl methyl sites for hydroxylation is 3. The molecule has 2 aromatic heterocycles. The van der Waals surface area contributed by atoms with Crippen LogP contribution in [0.3, 0.4) is 0 Å². The summed E-state index contributed by atoms with van der Waals surface area (Å²) in [7, 11) is 0. The third kappa shape index (κ3) is 2.82. The highest BCUT2D eigenvalue weighted by atomic mass is 32.1. The number of nitrogens with zero attached hydrogens (tertiary/aromatic N) is 3. The van der Waals surface area contributed by atoms with Gasteiger partial charge in [0.25, 0.3) is 5.91 Å². The van der Waals surface area contributed by atoms with Gasteiger partial charge in [-0.2, -0.15) is 0 Å². The molecule has 0 saturated carbocycles. The zero-order valence-electron chi connectivity index (χ0n) is 13.4. The summed E-state index contributed by atoms with van der Waals surface area (Å²) in [5.74, 6) is 0.144. The fourth-order valence-electron chi connectivity index (χ4n) is 3.05. The molecule has 1 fully saturated rings. The summed E-state index contributed by atoms with van der Waals surface area (Å²) in [4.78, 5) is 31.9. The zero-order valence-corrected chi connectivity index (χ0v) is 14.2. The van der Waals surface area contributed by atoms with Crippen molar-refractivity contribution in [2.75, 3.05) is 18.4 Å². The normalized spacial score (nSPS) is 17.3. The minimum Gasteiger partial charge on any atom is -0.361 e. The number of thiazole rings is 1. The summed E-state index contributed by atoms with van der Waals surface area (Å²) in [6.45, 7) is 2.55. The maximum absolute atomic E-state index is 12.3. The van der Waals surface area contributed by atoms with Crippen LogP contribution in [0.15, 0.2) is 10.6 Å². The molecule has 0 aromatic carbocycles. The number of hydrogen-bond donors (Lipinski definition) is 1. The van der Waals surface area contributed by atoms with E-state index in [-0.39, 0.29) is 17.7 Å². The van der Waals surface area contributed by atoms with Gasteiger partial charge < -0.3 is 14.7 Å². The second kappa shape index (κ2) is 6.01. The highest BCUT2D eigenvalue weighted by Crippen LogP contribution is 2.30. The van der Waals surface area contributed by atoms with Crippen LogP contribution in [0.5, 0.6) is 0 Å². The molecule has 1 N–H and O–H groups in total. The lowest BCUT2D eigenvalue weighted by Gasteiger charge is -2.37. The molecule has 0 unspecified atom stereocenters. The number of fused-ring (bicyclic) bond motifs is 1. The van der Waals surface area contributed by atoms with E-state index in [1.54, 1.807) is 29.2 Å². The molecule has 2 aromatic rings. The van der Waals surface area contributed by atoms with E-state index in [4.69, 9.17) is 4.52 Å². The molecule has 1 aliphatic heterocycles. The molecule has 1 aliphatic carbocycles. The fraction of sp³-hybridized carbons (Fsp3) is 0.500. The number of nitrogens with one attached hydrogen (secondary N) is 1. The van der Waals surface area contributed by atoms with Crippen molar-refractivity contribution in [2.24, 2.45) is 5.92 Å². The predicted molar refractivity (Wildman–Crippen MR) is 88.0 cm³/mol. The van der Waals surface area contributed by atoms with E-state index in [0.29, 0.717) is 29.7 Å². The van der Waals surface area contributed by atoms with Crippen LogP contribution in [0.25, 0.3) is 0 Å². The smallest absolute Gasteiger partial charge is 0.276 e. The molecule has 126 valence electrons. The van der Waals surface area contributed by atoms with E-state index >= 15 is 0 Å². The van der Waals surface area contributed by atoms with Gasteiger partial charge in [0.1, 0.15) is 5.76 Å². The lowest BCUT2D eigenvalue weighted by atomic mass is 9.99.